The van der Waals surface area contributed by atoms with Gasteiger partial charge in [0.2, 0.25) is 5.78 Å². The zero-order chi connectivity index (χ0) is 12.7. The molecule has 0 heterocycles. The molecular formula is C8H14O8. The van der Waals surface area contributed by atoms with Crippen molar-refractivity contribution in [2.45, 2.75) is 18.3 Å². The fourth-order valence-corrected chi connectivity index (χ4v) is 0.792. The normalized spacial score (nSPS) is 16.3. The maximum absolute atomic E-state index is 11.1. The van der Waals surface area contributed by atoms with Gasteiger partial charge in [-0.1, -0.05) is 0 Å². The van der Waals surface area contributed by atoms with Crippen molar-refractivity contribution >= 4 is 11.8 Å². The molecule has 8 nitrogen and oxygen atoms in total. The van der Waals surface area contributed by atoms with Crippen LogP contribution in [0.15, 0.2) is 0 Å². The first-order chi connectivity index (χ1) is 7.43. The zero-order valence-corrected chi connectivity index (χ0v) is 8.31. The lowest BCUT2D eigenvalue weighted by atomic mass is 10.1. The highest BCUT2D eigenvalue weighted by Gasteiger charge is 2.30. The number of rotatable bonds is 7. The predicted molar refractivity (Wildman–Crippen MR) is 48.2 cm³/mol. The quantitative estimate of drug-likeness (QED) is 0.284. The van der Waals surface area contributed by atoms with Gasteiger partial charge in [0.05, 0.1) is 6.61 Å². The van der Waals surface area contributed by atoms with E-state index in [-0.39, 0.29) is 0 Å². The molecule has 94 valence electrons. The highest BCUT2D eigenvalue weighted by molar-refractivity contribution is 5.86. The van der Waals surface area contributed by atoms with Crippen molar-refractivity contribution < 1.29 is 39.9 Å². The van der Waals surface area contributed by atoms with Crippen LogP contribution in [0, 0.1) is 0 Å². The lowest BCUT2D eigenvalue weighted by Crippen LogP contribution is -2.45. The molecule has 5 N–H and O–H groups in total. The van der Waals surface area contributed by atoms with E-state index in [9.17, 15) is 9.59 Å². The number of Topliss-reactive ketones (excluding diaryl/α,β-unsaturated/α-hetero) is 1. The first-order valence-corrected chi connectivity index (χ1v) is 4.38. The Kier molecular flexibility index (Phi) is 6.77. The molecule has 8 heteroatoms. The monoisotopic (exact) mass is 238 g/mol. The molecule has 0 aromatic heterocycles. The van der Waals surface area contributed by atoms with Gasteiger partial charge in [0.15, 0.2) is 6.61 Å². The average Bonchev–Trinajstić information content (AvgIpc) is 2.32. The number of aliphatic hydroxyl groups excluding tert-OH is 5. The third-order valence-electron chi connectivity index (χ3n) is 1.74. The summed E-state index contributed by atoms with van der Waals surface area (Å²) in [6, 6.07) is 0. The van der Waals surface area contributed by atoms with Gasteiger partial charge in [0, 0.05) is 0 Å². The molecule has 0 spiro atoms. The smallest absolute Gasteiger partial charge is 0.332 e. The largest absolute Gasteiger partial charge is 0.456 e. The number of aliphatic hydroxyl groups is 5. The Bertz CT molecular complexity index is 240. The average molecular weight is 238 g/mol. The van der Waals surface area contributed by atoms with Gasteiger partial charge in [0.1, 0.15) is 24.9 Å². The molecule has 0 amide bonds. The van der Waals surface area contributed by atoms with Crippen LogP contribution in [-0.2, 0) is 14.3 Å². The molecule has 0 aliphatic rings. The van der Waals surface area contributed by atoms with E-state index in [2.05, 4.69) is 4.74 Å². The van der Waals surface area contributed by atoms with Crippen LogP contribution in [0.1, 0.15) is 0 Å². The molecule has 0 saturated carbocycles. The van der Waals surface area contributed by atoms with Crippen molar-refractivity contribution in [1.82, 2.24) is 0 Å². The van der Waals surface area contributed by atoms with Gasteiger partial charge in [-0.05, 0) is 0 Å². The third kappa shape index (κ3) is 4.64. The highest BCUT2D eigenvalue weighted by Crippen LogP contribution is 2.01. The Balaban J connectivity index is 4.12. The van der Waals surface area contributed by atoms with Crippen LogP contribution >= 0.6 is 0 Å². The van der Waals surface area contributed by atoms with Crippen molar-refractivity contribution in [3.05, 3.63) is 0 Å². The molecular weight excluding hydrogens is 224 g/mol. The number of hydrogen-bond acceptors (Lipinski definition) is 8. The Morgan fingerprint density at radius 3 is 2.12 bits per heavy atom. The summed E-state index contributed by atoms with van der Waals surface area (Å²) in [7, 11) is 0. The van der Waals surface area contributed by atoms with Crippen molar-refractivity contribution in [3.63, 3.8) is 0 Å². The van der Waals surface area contributed by atoms with E-state index in [4.69, 9.17) is 25.5 Å². The van der Waals surface area contributed by atoms with Crippen molar-refractivity contribution in [3.8, 4) is 0 Å². The fourth-order valence-electron chi connectivity index (χ4n) is 0.792. The summed E-state index contributed by atoms with van der Waals surface area (Å²) in [5, 5.41) is 43.9. The maximum atomic E-state index is 11.1. The van der Waals surface area contributed by atoms with Gasteiger partial charge in [-0.3, -0.25) is 4.79 Å². The number of hydrogen-bond donors (Lipinski definition) is 5. The van der Waals surface area contributed by atoms with E-state index in [0.29, 0.717) is 0 Å². The lowest BCUT2D eigenvalue weighted by Gasteiger charge is -2.20. The molecule has 0 aromatic carbocycles. The maximum Gasteiger partial charge on any atom is 0.332 e. The van der Waals surface area contributed by atoms with Crippen LogP contribution in [0.25, 0.3) is 0 Å². The fraction of sp³-hybridized carbons (Fsp3) is 0.750. The second kappa shape index (κ2) is 7.25. The van der Waals surface area contributed by atoms with Gasteiger partial charge < -0.3 is 30.3 Å². The summed E-state index contributed by atoms with van der Waals surface area (Å²) >= 11 is 0. The molecule has 0 aromatic rings. The lowest BCUT2D eigenvalue weighted by molar-refractivity contribution is -0.156. The van der Waals surface area contributed by atoms with E-state index in [1.165, 1.54) is 0 Å². The zero-order valence-electron chi connectivity index (χ0n) is 8.31. The summed E-state index contributed by atoms with van der Waals surface area (Å²) in [5.74, 6) is -2.11. The highest BCUT2D eigenvalue weighted by atomic mass is 16.5. The van der Waals surface area contributed by atoms with Gasteiger partial charge in [0.25, 0.3) is 0 Å². The molecule has 0 unspecified atom stereocenters. The Morgan fingerprint density at radius 2 is 1.69 bits per heavy atom. The number of ether oxygens (including phenoxy) is 1. The van der Waals surface area contributed by atoms with Crippen LogP contribution in [0.4, 0.5) is 0 Å². The summed E-state index contributed by atoms with van der Waals surface area (Å²) in [4.78, 5) is 21.5. The second-order valence-corrected chi connectivity index (χ2v) is 2.97. The van der Waals surface area contributed by atoms with Crippen LogP contribution in [0.5, 0.6) is 0 Å². The molecule has 0 bridgehead atoms. The van der Waals surface area contributed by atoms with Crippen molar-refractivity contribution in [2.24, 2.45) is 0 Å². The minimum absolute atomic E-state index is 0.831. The number of esters is 1. The third-order valence-corrected chi connectivity index (χ3v) is 1.74. The molecule has 0 fully saturated rings. The molecule has 3 atom stereocenters. The van der Waals surface area contributed by atoms with Gasteiger partial charge in [-0.25, -0.2) is 4.79 Å². The Hall–Kier alpha value is -1.06. The number of ketones is 1. The minimum atomic E-state index is -1.98. The van der Waals surface area contributed by atoms with E-state index < -0.39 is 49.9 Å². The summed E-state index contributed by atoms with van der Waals surface area (Å²) in [6.45, 7) is -2.58. The van der Waals surface area contributed by atoms with Crippen LogP contribution < -0.4 is 0 Å². The van der Waals surface area contributed by atoms with Crippen LogP contribution in [-0.4, -0.2) is 75.4 Å². The van der Waals surface area contributed by atoms with E-state index in [0.717, 1.165) is 0 Å². The second-order valence-electron chi connectivity index (χ2n) is 2.97. The standard InChI is InChI=1S/C8H14O8/c9-1-4(11)7(14)8(15)5(12)3-16-6(13)2-10/h4,7-11,14-15H,1-3H2/t4-,7+,8+/m1/s1. The van der Waals surface area contributed by atoms with Gasteiger partial charge >= 0.3 is 5.97 Å². The SMILES string of the molecule is O=C(CO)OCC(=O)[C@H](O)[C@@H](O)[C@H](O)CO. The predicted octanol–water partition coefficient (Wildman–Crippen LogP) is -3.83. The molecule has 0 saturated heterocycles. The van der Waals surface area contributed by atoms with Crippen LogP contribution in [0.3, 0.4) is 0 Å². The molecule has 0 radical (unpaired) electrons. The first-order valence-electron chi connectivity index (χ1n) is 4.38. The van der Waals surface area contributed by atoms with Gasteiger partial charge in [-0.2, -0.15) is 0 Å². The summed E-state index contributed by atoms with van der Waals surface area (Å²) < 4.78 is 4.18. The first kappa shape index (κ1) is 14.9. The number of carbonyl (C=O) groups excluding carboxylic acids is 2. The Morgan fingerprint density at radius 1 is 1.12 bits per heavy atom. The van der Waals surface area contributed by atoms with E-state index in [1.54, 1.807) is 0 Å². The summed E-state index contributed by atoms with van der Waals surface area (Å²) in [6.07, 6.45) is -5.52. The van der Waals surface area contributed by atoms with Crippen molar-refractivity contribution in [1.29, 1.82) is 0 Å². The Labute approximate surface area is 90.7 Å². The molecule has 0 aliphatic carbocycles. The molecule has 16 heavy (non-hydrogen) atoms. The van der Waals surface area contributed by atoms with Crippen LogP contribution in [0.2, 0.25) is 0 Å². The topological polar surface area (TPSA) is 145 Å². The molecule has 0 aliphatic heterocycles. The minimum Gasteiger partial charge on any atom is -0.456 e. The van der Waals surface area contributed by atoms with E-state index in [1.807, 2.05) is 0 Å². The van der Waals surface area contributed by atoms with E-state index >= 15 is 0 Å². The van der Waals surface area contributed by atoms with Crippen molar-refractivity contribution in [2.75, 3.05) is 19.8 Å². The summed E-state index contributed by atoms with van der Waals surface area (Å²) in [5.41, 5.74) is 0. The number of carbonyl (C=O) groups is 2. The van der Waals surface area contributed by atoms with Gasteiger partial charge in [-0.15, -0.1) is 0 Å². The molecule has 0 rings (SSSR count).